The maximum Gasteiger partial charge on any atom is 0.287 e. The summed E-state index contributed by atoms with van der Waals surface area (Å²) in [5.41, 5.74) is 0.219. The number of benzene rings is 1. The monoisotopic (exact) mass is 328 g/mol. The lowest BCUT2D eigenvalue weighted by molar-refractivity contribution is -0.384. The Bertz CT molecular complexity index is 577. The number of nitro benzene ring substituents is 1. The standard InChI is InChI=1S/C14H17ClN2O3S/c1-14(2)5-6-16(7-8-21-14)13(18)10-3-4-12(17(19)20)11(15)9-10/h3-4,9H,5-8H2,1-2H3. The summed E-state index contributed by atoms with van der Waals surface area (Å²) < 4.78 is 0.169. The van der Waals surface area contributed by atoms with Crippen LogP contribution in [0, 0.1) is 10.1 Å². The molecular weight excluding hydrogens is 312 g/mol. The van der Waals surface area contributed by atoms with E-state index in [4.69, 9.17) is 11.6 Å². The van der Waals surface area contributed by atoms with Crippen molar-refractivity contribution in [2.24, 2.45) is 0 Å². The summed E-state index contributed by atoms with van der Waals surface area (Å²) in [4.78, 5) is 24.5. The van der Waals surface area contributed by atoms with Gasteiger partial charge in [0, 0.05) is 35.2 Å². The lowest BCUT2D eigenvalue weighted by Crippen LogP contribution is -2.33. The molecule has 1 aliphatic rings. The van der Waals surface area contributed by atoms with Crippen molar-refractivity contribution >= 4 is 35.0 Å². The van der Waals surface area contributed by atoms with E-state index in [1.807, 2.05) is 11.8 Å². The third-order valence-electron chi connectivity index (χ3n) is 3.52. The van der Waals surface area contributed by atoms with Crippen LogP contribution in [0.5, 0.6) is 0 Å². The zero-order valence-electron chi connectivity index (χ0n) is 12.0. The van der Waals surface area contributed by atoms with E-state index < -0.39 is 4.92 Å². The molecule has 0 aliphatic carbocycles. The maximum atomic E-state index is 12.5. The van der Waals surface area contributed by atoms with E-state index in [9.17, 15) is 14.9 Å². The Morgan fingerprint density at radius 2 is 2.14 bits per heavy atom. The van der Waals surface area contributed by atoms with Crippen LogP contribution in [0.1, 0.15) is 30.6 Å². The summed E-state index contributed by atoms with van der Waals surface area (Å²) in [5.74, 6) is 0.768. The quantitative estimate of drug-likeness (QED) is 0.614. The number of hydrogen-bond acceptors (Lipinski definition) is 4. The molecule has 0 atom stereocenters. The number of carbonyl (C=O) groups excluding carboxylic acids is 1. The summed E-state index contributed by atoms with van der Waals surface area (Å²) in [6, 6.07) is 4.13. The first-order valence-electron chi connectivity index (χ1n) is 6.67. The van der Waals surface area contributed by atoms with Crippen LogP contribution in [-0.2, 0) is 0 Å². The van der Waals surface area contributed by atoms with Gasteiger partial charge in [-0.05, 0) is 18.6 Å². The van der Waals surface area contributed by atoms with Crippen LogP contribution in [0.4, 0.5) is 5.69 Å². The molecule has 1 saturated heterocycles. The summed E-state index contributed by atoms with van der Waals surface area (Å²) in [7, 11) is 0. The van der Waals surface area contributed by atoms with Crippen LogP contribution >= 0.6 is 23.4 Å². The van der Waals surface area contributed by atoms with Crippen molar-refractivity contribution in [2.75, 3.05) is 18.8 Å². The van der Waals surface area contributed by atoms with Gasteiger partial charge in [0.05, 0.1) is 4.92 Å². The average Bonchev–Trinajstić information content (AvgIpc) is 2.58. The molecule has 1 heterocycles. The molecule has 1 amide bonds. The van der Waals surface area contributed by atoms with Crippen LogP contribution in [-0.4, -0.2) is 39.3 Å². The molecule has 1 aromatic carbocycles. The van der Waals surface area contributed by atoms with Gasteiger partial charge in [-0.2, -0.15) is 11.8 Å². The lowest BCUT2D eigenvalue weighted by atomic mass is 10.1. The smallest absolute Gasteiger partial charge is 0.287 e. The van der Waals surface area contributed by atoms with Crippen LogP contribution in [0.3, 0.4) is 0 Å². The van der Waals surface area contributed by atoms with Crippen LogP contribution < -0.4 is 0 Å². The second kappa shape index (κ2) is 6.23. The van der Waals surface area contributed by atoms with E-state index in [0.29, 0.717) is 18.7 Å². The molecule has 0 N–H and O–H groups in total. The van der Waals surface area contributed by atoms with Gasteiger partial charge in [0.15, 0.2) is 0 Å². The Morgan fingerprint density at radius 3 is 2.76 bits per heavy atom. The molecule has 21 heavy (non-hydrogen) atoms. The number of nitro groups is 1. The van der Waals surface area contributed by atoms with E-state index >= 15 is 0 Å². The molecule has 1 aliphatic heterocycles. The van der Waals surface area contributed by atoms with Crippen molar-refractivity contribution in [3.05, 3.63) is 38.9 Å². The molecule has 0 aromatic heterocycles. The zero-order chi connectivity index (χ0) is 15.6. The molecule has 1 fully saturated rings. The third kappa shape index (κ3) is 3.89. The number of thioether (sulfide) groups is 1. The number of nitrogens with zero attached hydrogens (tertiary/aromatic N) is 2. The molecule has 0 unspecified atom stereocenters. The normalized spacial score (nSPS) is 18.1. The van der Waals surface area contributed by atoms with Gasteiger partial charge in [0.1, 0.15) is 5.02 Å². The van der Waals surface area contributed by atoms with Gasteiger partial charge in [-0.15, -0.1) is 0 Å². The maximum absolute atomic E-state index is 12.5. The topological polar surface area (TPSA) is 63.5 Å². The number of hydrogen-bond donors (Lipinski definition) is 0. The van der Waals surface area contributed by atoms with Gasteiger partial charge in [-0.25, -0.2) is 0 Å². The highest BCUT2D eigenvalue weighted by atomic mass is 35.5. The van der Waals surface area contributed by atoms with Crippen LogP contribution in [0.25, 0.3) is 0 Å². The highest BCUT2D eigenvalue weighted by Gasteiger charge is 2.27. The predicted octanol–water partition coefficient (Wildman–Crippen LogP) is 3.61. The van der Waals surface area contributed by atoms with Crippen molar-refractivity contribution in [3.63, 3.8) is 0 Å². The summed E-state index contributed by atoms with van der Waals surface area (Å²) in [6.45, 7) is 5.72. The van der Waals surface area contributed by atoms with Gasteiger partial charge < -0.3 is 4.90 Å². The highest BCUT2D eigenvalue weighted by molar-refractivity contribution is 8.00. The first-order chi connectivity index (χ1) is 9.80. The van der Waals surface area contributed by atoms with E-state index in [-0.39, 0.29) is 21.4 Å². The number of halogens is 1. The molecule has 0 radical (unpaired) electrons. The summed E-state index contributed by atoms with van der Waals surface area (Å²) in [6.07, 6.45) is 0.921. The Labute approximate surface area is 132 Å². The van der Waals surface area contributed by atoms with Crippen molar-refractivity contribution in [1.29, 1.82) is 0 Å². The number of carbonyl (C=O) groups is 1. The van der Waals surface area contributed by atoms with Crippen LogP contribution in [0.15, 0.2) is 18.2 Å². The molecule has 114 valence electrons. The minimum Gasteiger partial charge on any atom is -0.338 e. The molecule has 2 rings (SSSR count). The Balaban J connectivity index is 2.16. The van der Waals surface area contributed by atoms with Crippen molar-refractivity contribution < 1.29 is 9.72 Å². The fourth-order valence-electron chi connectivity index (χ4n) is 2.19. The second-order valence-electron chi connectivity index (χ2n) is 5.57. The van der Waals surface area contributed by atoms with E-state index in [0.717, 1.165) is 12.2 Å². The largest absolute Gasteiger partial charge is 0.338 e. The van der Waals surface area contributed by atoms with E-state index in [1.54, 1.807) is 4.90 Å². The summed E-state index contributed by atoms with van der Waals surface area (Å²) in [5, 5.41) is 10.7. The van der Waals surface area contributed by atoms with Crippen LogP contribution in [0.2, 0.25) is 5.02 Å². The van der Waals surface area contributed by atoms with Crippen molar-refractivity contribution in [3.8, 4) is 0 Å². The first kappa shape index (κ1) is 16.1. The van der Waals surface area contributed by atoms with Crippen molar-refractivity contribution in [2.45, 2.75) is 25.0 Å². The third-order valence-corrected chi connectivity index (χ3v) is 5.19. The first-order valence-corrected chi connectivity index (χ1v) is 8.04. The molecule has 0 spiro atoms. The average molecular weight is 329 g/mol. The highest BCUT2D eigenvalue weighted by Crippen LogP contribution is 2.31. The summed E-state index contributed by atoms with van der Waals surface area (Å²) >= 11 is 7.73. The van der Waals surface area contributed by atoms with Crippen molar-refractivity contribution in [1.82, 2.24) is 4.90 Å². The Hall–Kier alpha value is -1.27. The van der Waals surface area contributed by atoms with Gasteiger partial charge >= 0.3 is 0 Å². The minimum atomic E-state index is -0.554. The Morgan fingerprint density at radius 1 is 1.43 bits per heavy atom. The molecule has 7 heteroatoms. The lowest BCUT2D eigenvalue weighted by Gasteiger charge is -2.22. The zero-order valence-corrected chi connectivity index (χ0v) is 13.5. The van der Waals surface area contributed by atoms with Gasteiger partial charge in [0.2, 0.25) is 0 Å². The fourth-order valence-corrected chi connectivity index (χ4v) is 3.54. The fraction of sp³-hybridized carbons (Fsp3) is 0.500. The van der Waals surface area contributed by atoms with Gasteiger partial charge in [-0.1, -0.05) is 25.4 Å². The number of rotatable bonds is 2. The van der Waals surface area contributed by atoms with Gasteiger partial charge in [-0.3, -0.25) is 14.9 Å². The molecule has 5 nitrogen and oxygen atoms in total. The Kier molecular flexibility index (Phi) is 4.78. The number of amides is 1. The SMILES string of the molecule is CC1(C)CCN(C(=O)c2ccc([N+](=O)[O-])c(Cl)c2)CCS1. The predicted molar refractivity (Wildman–Crippen MR) is 85.2 cm³/mol. The second-order valence-corrected chi connectivity index (χ2v) is 7.78. The molecular formula is C14H17ClN2O3S. The molecule has 1 aromatic rings. The molecule has 0 bridgehead atoms. The van der Waals surface area contributed by atoms with E-state index in [2.05, 4.69) is 13.8 Å². The molecule has 0 saturated carbocycles. The minimum absolute atomic E-state index is 0.00428. The van der Waals surface area contributed by atoms with Gasteiger partial charge in [0.25, 0.3) is 11.6 Å². The van der Waals surface area contributed by atoms with E-state index in [1.165, 1.54) is 18.2 Å².